The van der Waals surface area contributed by atoms with Crippen LogP contribution in [0.3, 0.4) is 0 Å². The van der Waals surface area contributed by atoms with Crippen molar-refractivity contribution in [2.45, 2.75) is 13.5 Å². The first-order valence-corrected chi connectivity index (χ1v) is 6.20. The fraction of sp³-hybridized carbons (Fsp3) is 0.125. The molecule has 1 N–H and O–H groups in total. The summed E-state index contributed by atoms with van der Waals surface area (Å²) in [6.07, 6.45) is 0. The second kappa shape index (κ2) is 4.76. The highest BCUT2D eigenvalue weighted by atomic mass is 19.1. The van der Waals surface area contributed by atoms with Crippen LogP contribution in [0.4, 0.5) is 10.1 Å². The Morgan fingerprint density at radius 1 is 1.11 bits per heavy atom. The number of nitrogens with one attached hydrogen (secondary N) is 1. The average Bonchev–Trinajstić information content (AvgIpc) is 2.72. The van der Waals surface area contributed by atoms with Crippen molar-refractivity contribution in [1.29, 1.82) is 0 Å². The molecule has 0 saturated carbocycles. The molecular formula is C16H14FNO. The van der Waals surface area contributed by atoms with E-state index in [9.17, 15) is 4.39 Å². The average molecular weight is 255 g/mol. The minimum atomic E-state index is -0.237. The van der Waals surface area contributed by atoms with Gasteiger partial charge in [-0.3, -0.25) is 0 Å². The van der Waals surface area contributed by atoms with Gasteiger partial charge in [0.2, 0.25) is 0 Å². The zero-order valence-electron chi connectivity index (χ0n) is 10.6. The third-order valence-corrected chi connectivity index (χ3v) is 3.19. The highest BCUT2D eigenvalue weighted by molar-refractivity contribution is 5.82. The van der Waals surface area contributed by atoms with Crippen molar-refractivity contribution in [2.24, 2.45) is 0 Å². The van der Waals surface area contributed by atoms with E-state index < -0.39 is 0 Å². The van der Waals surface area contributed by atoms with Gasteiger partial charge in [-0.25, -0.2) is 4.39 Å². The third-order valence-electron chi connectivity index (χ3n) is 3.19. The first-order chi connectivity index (χ1) is 9.24. The molecule has 0 aliphatic carbocycles. The number of halogens is 1. The van der Waals surface area contributed by atoms with Crippen molar-refractivity contribution in [2.75, 3.05) is 5.32 Å². The van der Waals surface area contributed by atoms with Crippen LogP contribution in [-0.4, -0.2) is 0 Å². The number of fused-ring (bicyclic) bond motifs is 1. The molecule has 0 aliphatic heterocycles. The van der Waals surface area contributed by atoms with Crippen LogP contribution in [0.5, 0.6) is 0 Å². The van der Waals surface area contributed by atoms with Crippen molar-refractivity contribution >= 4 is 16.7 Å². The van der Waals surface area contributed by atoms with Crippen LogP contribution in [-0.2, 0) is 6.54 Å². The molecule has 2 aromatic carbocycles. The van der Waals surface area contributed by atoms with E-state index in [1.54, 1.807) is 6.07 Å². The van der Waals surface area contributed by atoms with Crippen LogP contribution in [0.15, 0.2) is 52.9 Å². The summed E-state index contributed by atoms with van der Waals surface area (Å²) in [5, 5.41) is 4.32. The van der Waals surface area contributed by atoms with Crippen molar-refractivity contribution in [3.05, 3.63) is 65.7 Å². The Bertz CT molecular complexity index is 718. The summed E-state index contributed by atoms with van der Waals surface area (Å²) in [4.78, 5) is 0. The first kappa shape index (κ1) is 11.8. The maximum Gasteiger partial charge on any atom is 0.134 e. The van der Waals surface area contributed by atoms with Crippen molar-refractivity contribution in [3.8, 4) is 0 Å². The van der Waals surface area contributed by atoms with E-state index in [0.717, 1.165) is 28.0 Å². The normalized spacial score (nSPS) is 10.8. The Balaban J connectivity index is 1.87. The van der Waals surface area contributed by atoms with Crippen molar-refractivity contribution in [1.82, 2.24) is 0 Å². The van der Waals surface area contributed by atoms with Crippen LogP contribution in [0.25, 0.3) is 11.0 Å². The van der Waals surface area contributed by atoms with E-state index in [0.29, 0.717) is 6.54 Å². The Labute approximate surface area is 110 Å². The molecule has 3 rings (SSSR count). The summed E-state index contributed by atoms with van der Waals surface area (Å²) in [5.41, 5.74) is 2.76. The first-order valence-electron chi connectivity index (χ1n) is 6.20. The van der Waals surface area contributed by atoms with Gasteiger partial charge in [0, 0.05) is 23.2 Å². The standard InChI is InChI=1S/C16H14FNO/c1-11-15(14-7-2-3-8-16(14)19-11)10-18-13-6-4-5-12(17)9-13/h2-9,18H,10H2,1H3. The molecule has 0 unspecified atom stereocenters. The lowest BCUT2D eigenvalue weighted by Crippen LogP contribution is -2.00. The number of benzene rings is 2. The molecule has 0 aliphatic rings. The molecule has 19 heavy (non-hydrogen) atoms. The SMILES string of the molecule is Cc1oc2ccccc2c1CNc1cccc(F)c1. The van der Waals surface area contributed by atoms with Gasteiger partial charge in [0.05, 0.1) is 0 Å². The molecule has 0 atom stereocenters. The molecule has 0 amide bonds. The quantitative estimate of drug-likeness (QED) is 0.745. The smallest absolute Gasteiger partial charge is 0.134 e. The van der Waals surface area contributed by atoms with E-state index in [1.807, 2.05) is 37.3 Å². The summed E-state index contributed by atoms with van der Waals surface area (Å²) in [6, 6.07) is 14.4. The van der Waals surface area contributed by atoms with Crippen molar-refractivity contribution < 1.29 is 8.81 Å². The van der Waals surface area contributed by atoms with E-state index >= 15 is 0 Å². The molecule has 0 radical (unpaired) electrons. The number of rotatable bonds is 3. The Morgan fingerprint density at radius 3 is 2.79 bits per heavy atom. The van der Waals surface area contributed by atoms with E-state index in [1.165, 1.54) is 12.1 Å². The van der Waals surface area contributed by atoms with E-state index in [2.05, 4.69) is 5.32 Å². The summed E-state index contributed by atoms with van der Waals surface area (Å²) < 4.78 is 18.8. The zero-order valence-corrected chi connectivity index (χ0v) is 10.6. The molecule has 0 saturated heterocycles. The second-order valence-corrected chi connectivity index (χ2v) is 4.50. The van der Waals surface area contributed by atoms with E-state index in [4.69, 9.17) is 4.42 Å². The van der Waals surface area contributed by atoms with Gasteiger partial charge < -0.3 is 9.73 Å². The topological polar surface area (TPSA) is 25.2 Å². The van der Waals surface area contributed by atoms with Crippen LogP contribution < -0.4 is 5.32 Å². The number of hydrogen-bond acceptors (Lipinski definition) is 2. The molecule has 3 heteroatoms. The van der Waals surface area contributed by atoms with Gasteiger partial charge in [-0.2, -0.15) is 0 Å². The molecule has 3 aromatic rings. The number of furan rings is 1. The van der Waals surface area contributed by atoms with Gasteiger partial charge in [0.1, 0.15) is 17.2 Å². The summed E-state index contributed by atoms with van der Waals surface area (Å²) >= 11 is 0. The van der Waals surface area contributed by atoms with Gasteiger partial charge in [-0.15, -0.1) is 0 Å². The number of aryl methyl sites for hydroxylation is 1. The summed E-state index contributed by atoms with van der Waals surface area (Å²) in [5.74, 6) is 0.656. The van der Waals surface area contributed by atoms with Crippen molar-refractivity contribution in [3.63, 3.8) is 0 Å². The predicted molar refractivity (Wildman–Crippen MR) is 74.7 cm³/mol. The zero-order chi connectivity index (χ0) is 13.2. The molecule has 1 heterocycles. The highest BCUT2D eigenvalue weighted by Crippen LogP contribution is 2.26. The molecule has 1 aromatic heterocycles. The van der Waals surface area contributed by atoms with Gasteiger partial charge in [-0.1, -0.05) is 24.3 Å². The molecule has 0 bridgehead atoms. The fourth-order valence-corrected chi connectivity index (χ4v) is 2.23. The predicted octanol–water partition coefficient (Wildman–Crippen LogP) is 4.49. The molecule has 0 spiro atoms. The highest BCUT2D eigenvalue weighted by Gasteiger charge is 2.09. The van der Waals surface area contributed by atoms with Gasteiger partial charge >= 0.3 is 0 Å². The Morgan fingerprint density at radius 2 is 1.95 bits per heavy atom. The number of hydrogen-bond donors (Lipinski definition) is 1. The molecule has 2 nitrogen and oxygen atoms in total. The fourth-order valence-electron chi connectivity index (χ4n) is 2.23. The van der Waals surface area contributed by atoms with Crippen LogP contribution in [0, 0.1) is 12.7 Å². The van der Waals surface area contributed by atoms with Crippen LogP contribution in [0.1, 0.15) is 11.3 Å². The number of para-hydroxylation sites is 1. The lowest BCUT2D eigenvalue weighted by Gasteiger charge is -2.06. The number of anilines is 1. The Hall–Kier alpha value is -2.29. The van der Waals surface area contributed by atoms with Crippen LogP contribution in [0.2, 0.25) is 0 Å². The summed E-state index contributed by atoms with van der Waals surface area (Å²) in [7, 11) is 0. The minimum absolute atomic E-state index is 0.237. The van der Waals surface area contributed by atoms with Gasteiger partial charge in [0.15, 0.2) is 0 Å². The largest absolute Gasteiger partial charge is 0.461 e. The second-order valence-electron chi connectivity index (χ2n) is 4.50. The monoisotopic (exact) mass is 255 g/mol. The molecule has 96 valence electrons. The van der Waals surface area contributed by atoms with Gasteiger partial charge in [-0.05, 0) is 31.2 Å². The maximum atomic E-state index is 13.1. The van der Waals surface area contributed by atoms with Gasteiger partial charge in [0.25, 0.3) is 0 Å². The lowest BCUT2D eigenvalue weighted by molar-refractivity contribution is 0.573. The third kappa shape index (κ3) is 2.32. The molecular weight excluding hydrogens is 241 g/mol. The summed E-state index contributed by atoms with van der Waals surface area (Å²) in [6.45, 7) is 2.56. The van der Waals surface area contributed by atoms with Crippen LogP contribution >= 0.6 is 0 Å². The molecule has 0 fully saturated rings. The Kier molecular flexibility index (Phi) is 2.95. The minimum Gasteiger partial charge on any atom is -0.461 e. The van der Waals surface area contributed by atoms with E-state index in [-0.39, 0.29) is 5.82 Å². The maximum absolute atomic E-state index is 13.1. The lowest BCUT2D eigenvalue weighted by atomic mass is 10.1.